The van der Waals surface area contributed by atoms with Gasteiger partial charge in [0.1, 0.15) is 23.1 Å². The van der Waals surface area contributed by atoms with Crippen molar-refractivity contribution < 1.29 is 36.3 Å². The third-order valence-corrected chi connectivity index (χ3v) is 7.17. The Balaban J connectivity index is 1.83. The number of aromatic amines is 1. The van der Waals surface area contributed by atoms with Gasteiger partial charge in [0.05, 0.1) is 4.90 Å². The van der Waals surface area contributed by atoms with E-state index in [4.69, 9.17) is 9.94 Å². The number of rotatable bonds is 9. The van der Waals surface area contributed by atoms with Crippen molar-refractivity contribution in [2.45, 2.75) is 30.1 Å². The first-order chi connectivity index (χ1) is 17.3. The van der Waals surface area contributed by atoms with E-state index in [2.05, 4.69) is 0 Å². The fourth-order valence-corrected chi connectivity index (χ4v) is 4.68. The van der Waals surface area contributed by atoms with Gasteiger partial charge in [-0.15, -0.1) is 0 Å². The van der Waals surface area contributed by atoms with E-state index in [9.17, 15) is 36.0 Å². The van der Waals surface area contributed by atoms with Crippen LogP contribution < -0.4 is 21.5 Å². The van der Waals surface area contributed by atoms with Gasteiger partial charge in [-0.3, -0.25) is 24.3 Å². The van der Waals surface area contributed by atoms with Crippen molar-refractivity contribution in [1.29, 1.82) is 0 Å². The molecule has 0 radical (unpaired) electrons. The summed E-state index contributed by atoms with van der Waals surface area (Å²) in [6.07, 6.45) is -5.31. The van der Waals surface area contributed by atoms with Gasteiger partial charge >= 0.3 is 11.9 Å². The molecule has 3 rings (SSSR count). The number of nitrogens with one attached hydrogen (secondary N) is 2. The molecule has 1 atom stereocenters. The van der Waals surface area contributed by atoms with Crippen LogP contribution in [0.1, 0.15) is 12.0 Å². The molecule has 1 amide bonds. The summed E-state index contributed by atoms with van der Waals surface area (Å²) in [5, 5.41) is 9.10. The van der Waals surface area contributed by atoms with Gasteiger partial charge < -0.3 is 4.74 Å². The first-order valence-electron chi connectivity index (χ1n) is 10.5. The number of carbonyl (C=O) groups excluding carboxylic acids is 1. The van der Waals surface area contributed by atoms with E-state index in [0.717, 1.165) is 7.05 Å². The second-order valence-electron chi connectivity index (χ2n) is 7.68. The standard InChI is InChI=1S/C22H21F3N4O7S/c1-28(37(34,35)16-9-7-15(8-10-16)36-14-5-3-2-4-6-14)18(20(31)27-33)11-12-29-13-17(22(23,24)25)19(30)26-21(29)32/h2-10,13,18,33H,11-12H2,1H3,(H,27,31)(H,26,30,32). The average Bonchev–Trinajstić information content (AvgIpc) is 2.85. The number of alkyl halides is 3. The number of benzene rings is 2. The summed E-state index contributed by atoms with van der Waals surface area (Å²) in [7, 11) is -3.33. The van der Waals surface area contributed by atoms with Gasteiger partial charge in [0.15, 0.2) is 0 Å². The van der Waals surface area contributed by atoms with Gasteiger partial charge in [0.25, 0.3) is 11.5 Å². The molecule has 0 bridgehead atoms. The van der Waals surface area contributed by atoms with Crippen LogP contribution in [0.4, 0.5) is 13.2 Å². The topological polar surface area (TPSA) is 151 Å². The highest BCUT2D eigenvalue weighted by Crippen LogP contribution is 2.26. The summed E-state index contributed by atoms with van der Waals surface area (Å²) in [4.78, 5) is 37.0. The molecule has 198 valence electrons. The second kappa shape index (κ2) is 11.0. The predicted octanol–water partition coefficient (Wildman–Crippen LogP) is 1.93. The Labute approximate surface area is 207 Å². The number of aryl methyl sites for hydroxylation is 1. The van der Waals surface area contributed by atoms with Gasteiger partial charge in [-0.2, -0.15) is 17.5 Å². The molecular formula is C22H21F3N4O7S. The molecule has 1 heterocycles. The summed E-state index contributed by atoms with van der Waals surface area (Å²) in [6, 6.07) is 12.3. The molecule has 1 aromatic heterocycles. The Hall–Kier alpha value is -3.95. The van der Waals surface area contributed by atoms with Gasteiger partial charge in [-0.25, -0.2) is 18.7 Å². The fourth-order valence-electron chi connectivity index (χ4n) is 3.33. The number of hydrogen-bond donors (Lipinski definition) is 3. The van der Waals surface area contributed by atoms with Crippen molar-refractivity contribution in [3.05, 3.63) is 87.2 Å². The quantitative estimate of drug-likeness (QED) is 0.276. The normalized spacial score (nSPS) is 12.8. The molecule has 0 saturated carbocycles. The number of H-pyrrole nitrogens is 1. The molecule has 0 fully saturated rings. The Kier molecular flexibility index (Phi) is 8.20. The molecule has 11 nitrogen and oxygen atoms in total. The van der Waals surface area contributed by atoms with E-state index < -0.39 is 57.9 Å². The number of hydrogen-bond acceptors (Lipinski definition) is 7. The minimum atomic E-state index is -5.05. The molecule has 3 N–H and O–H groups in total. The van der Waals surface area contributed by atoms with Crippen molar-refractivity contribution in [2.75, 3.05) is 7.05 Å². The smallest absolute Gasteiger partial charge is 0.423 e. The van der Waals surface area contributed by atoms with E-state index >= 15 is 0 Å². The molecule has 37 heavy (non-hydrogen) atoms. The lowest BCUT2D eigenvalue weighted by Gasteiger charge is -2.26. The SMILES string of the molecule is CN(C(CCn1cc(C(F)(F)F)c(=O)[nH]c1=O)C(=O)NO)S(=O)(=O)c1ccc(Oc2ccccc2)cc1. The number of hydroxylamine groups is 1. The van der Waals surface area contributed by atoms with Crippen molar-refractivity contribution in [3.8, 4) is 11.5 Å². The first-order valence-corrected chi connectivity index (χ1v) is 11.9. The summed E-state index contributed by atoms with van der Waals surface area (Å²) < 4.78 is 72.1. The summed E-state index contributed by atoms with van der Waals surface area (Å²) >= 11 is 0. The largest absolute Gasteiger partial charge is 0.457 e. The zero-order chi connectivity index (χ0) is 27.4. The highest BCUT2D eigenvalue weighted by atomic mass is 32.2. The van der Waals surface area contributed by atoms with Crippen molar-refractivity contribution in [1.82, 2.24) is 19.3 Å². The van der Waals surface area contributed by atoms with Crippen LogP contribution in [0, 0.1) is 0 Å². The monoisotopic (exact) mass is 542 g/mol. The molecular weight excluding hydrogens is 521 g/mol. The number of para-hydroxylation sites is 1. The molecule has 15 heteroatoms. The number of aromatic nitrogens is 2. The van der Waals surface area contributed by atoms with E-state index in [-0.39, 0.29) is 11.1 Å². The number of likely N-dealkylation sites (N-methyl/N-ethyl adjacent to an activating group) is 1. The lowest BCUT2D eigenvalue weighted by Crippen LogP contribution is -2.47. The van der Waals surface area contributed by atoms with E-state index in [1.54, 1.807) is 30.3 Å². The van der Waals surface area contributed by atoms with Gasteiger partial charge in [-0.05, 0) is 42.8 Å². The predicted molar refractivity (Wildman–Crippen MR) is 123 cm³/mol. The number of sulfonamides is 1. The molecule has 0 aliphatic rings. The molecule has 1 unspecified atom stereocenters. The Morgan fingerprint density at radius 1 is 1.11 bits per heavy atom. The number of ether oxygens (including phenoxy) is 1. The van der Waals surface area contributed by atoms with Crippen molar-refractivity contribution in [3.63, 3.8) is 0 Å². The van der Waals surface area contributed by atoms with Crippen LogP contribution in [-0.2, 0) is 27.5 Å². The zero-order valence-corrected chi connectivity index (χ0v) is 19.9. The molecule has 3 aromatic rings. The maximum atomic E-state index is 13.1. The van der Waals surface area contributed by atoms with E-state index in [0.29, 0.717) is 20.4 Å². The zero-order valence-electron chi connectivity index (χ0n) is 19.1. The first kappa shape index (κ1) is 27.6. The molecule has 0 aliphatic heterocycles. The minimum Gasteiger partial charge on any atom is -0.457 e. The van der Waals surface area contributed by atoms with Crippen LogP contribution in [0.25, 0.3) is 0 Å². The maximum absolute atomic E-state index is 13.1. The van der Waals surface area contributed by atoms with Gasteiger partial charge in [0, 0.05) is 19.8 Å². The number of nitrogens with zero attached hydrogens (tertiary/aromatic N) is 2. The van der Waals surface area contributed by atoms with Crippen LogP contribution in [0.3, 0.4) is 0 Å². The van der Waals surface area contributed by atoms with E-state index in [1.165, 1.54) is 34.7 Å². The van der Waals surface area contributed by atoms with E-state index in [1.807, 2.05) is 0 Å². The third-order valence-electron chi connectivity index (χ3n) is 5.29. The molecule has 0 saturated heterocycles. The van der Waals surface area contributed by atoms with Gasteiger partial charge in [0.2, 0.25) is 10.0 Å². The Morgan fingerprint density at radius 2 is 1.70 bits per heavy atom. The second-order valence-corrected chi connectivity index (χ2v) is 9.68. The number of amides is 1. The van der Waals surface area contributed by atoms with Gasteiger partial charge in [-0.1, -0.05) is 18.2 Å². The number of carbonyl (C=O) groups is 1. The fraction of sp³-hybridized carbons (Fsp3) is 0.227. The Morgan fingerprint density at radius 3 is 2.27 bits per heavy atom. The molecule has 0 spiro atoms. The van der Waals surface area contributed by atoms with Crippen LogP contribution >= 0.6 is 0 Å². The van der Waals surface area contributed by atoms with Crippen molar-refractivity contribution in [2.24, 2.45) is 0 Å². The average molecular weight is 542 g/mol. The highest BCUT2D eigenvalue weighted by molar-refractivity contribution is 7.89. The number of halogens is 3. The van der Waals surface area contributed by atoms with Crippen LogP contribution in [0.5, 0.6) is 11.5 Å². The lowest BCUT2D eigenvalue weighted by molar-refractivity contribution is -0.139. The van der Waals surface area contributed by atoms with Crippen LogP contribution in [-0.4, -0.2) is 46.5 Å². The van der Waals surface area contributed by atoms with Crippen molar-refractivity contribution >= 4 is 15.9 Å². The summed E-state index contributed by atoms with van der Waals surface area (Å²) in [5.41, 5.74) is -3.17. The molecule has 2 aromatic carbocycles. The maximum Gasteiger partial charge on any atom is 0.423 e. The summed E-state index contributed by atoms with van der Waals surface area (Å²) in [5.74, 6) is -0.347. The third kappa shape index (κ3) is 6.44. The Bertz CT molecular complexity index is 1470. The van der Waals surface area contributed by atoms with Crippen LogP contribution in [0.15, 0.2) is 75.3 Å². The lowest BCUT2D eigenvalue weighted by atomic mass is 10.2. The van der Waals surface area contributed by atoms with Crippen LogP contribution in [0.2, 0.25) is 0 Å². The summed E-state index contributed by atoms with van der Waals surface area (Å²) in [6.45, 7) is -0.597. The highest BCUT2D eigenvalue weighted by Gasteiger charge is 2.36. The minimum absolute atomic E-state index is 0.244. The molecule has 0 aliphatic carbocycles.